The molecule has 0 radical (unpaired) electrons. The third-order valence-corrected chi connectivity index (χ3v) is 15.1. The fraction of sp³-hybridized carbons (Fsp3) is 0.532. The Morgan fingerprint density at radius 2 is 1.73 bits per heavy atom. The van der Waals surface area contributed by atoms with Gasteiger partial charge in [0.25, 0.3) is 16.0 Å². The summed E-state index contributed by atoms with van der Waals surface area (Å²) in [5, 5.41) is 11.6. The lowest BCUT2D eigenvalue weighted by molar-refractivity contribution is -0.247. The molecular weight excluding hydrogens is 853 g/mol. The minimum Gasteiger partial charge on any atom is -0.455 e. The molecule has 5 aromatic rings. The summed E-state index contributed by atoms with van der Waals surface area (Å²) in [4.78, 5) is 44.7. The van der Waals surface area contributed by atoms with Gasteiger partial charge in [0.2, 0.25) is 0 Å². The lowest BCUT2D eigenvalue weighted by atomic mass is 9.39. The van der Waals surface area contributed by atoms with Gasteiger partial charge in [0.05, 0.1) is 24.2 Å². The molecule has 5 heterocycles. The lowest BCUT2D eigenvalue weighted by Gasteiger charge is -2.69. The van der Waals surface area contributed by atoms with Crippen molar-refractivity contribution < 1.29 is 32.0 Å². The van der Waals surface area contributed by atoms with E-state index in [4.69, 9.17) is 24.1 Å². The first-order chi connectivity index (χ1) is 30.2. The number of fused-ring (bicyclic) bond motifs is 2. The minimum atomic E-state index is -4.02. The van der Waals surface area contributed by atoms with Crippen molar-refractivity contribution in [1.29, 1.82) is 0 Å². The molecule has 340 valence electrons. The summed E-state index contributed by atoms with van der Waals surface area (Å²) in [5.41, 5.74) is 5.04. The SMILES string of the molecule is Cc1c(-c2ccc(N3CCc4cccc(C(=O)Nc5nc6cccnc6s5)c4C3)nc2C(=O)OC(C)(C)C)cnn1CC12CC3(C)CC(C)(C1)CC(OCCNCCS(=O)(=O)O)(C3)C2. The fourth-order valence-electron chi connectivity index (χ4n) is 12.3. The number of anilines is 2. The van der Waals surface area contributed by atoms with Crippen LogP contribution < -0.4 is 15.5 Å². The van der Waals surface area contributed by atoms with E-state index in [9.17, 15) is 18.0 Å². The molecule has 2 atom stereocenters. The topological polar surface area (TPSA) is 191 Å². The molecule has 64 heavy (non-hydrogen) atoms. The number of carbonyl (C=O) groups is 2. The first-order valence-electron chi connectivity index (χ1n) is 22.2. The molecule has 0 spiro atoms. The predicted molar refractivity (Wildman–Crippen MR) is 246 cm³/mol. The lowest BCUT2D eigenvalue weighted by Crippen LogP contribution is -2.64. The van der Waals surface area contributed by atoms with Crippen LogP contribution >= 0.6 is 11.3 Å². The average Bonchev–Trinajstić information content (AvgIpc) is 3.77. The van der Waals surface area contributed by atoms with Crippen LogP contribution in [0.2, 0.25) is 0 Å². The van der Waals surface area contributed by atoms with Gasteiger partial charge in [0.1, 0.15) is 21.8 Å². The van der Waals surface area contributed by atoms with E-state index in [1.807, 2.05) is 63.4 Å². The van der Waals surface area contributed by atoms with Crippen molar-refractivity contribution in [3.63, 3.8) is 0 Å². The summed E-state index contributed by atoms with van der Waals surface area (Å²) in [6.07, 6.45) is 10.4. The van der Waals surface area contributed by atoms with Gasteiger partial charge >= 0.3 is 5.97 Å². The Morgan fingerprint density at radius 3 is 2.47 bits per heavy atom. The molecule has 10 rings (SSSR count). The number of rotatable bonds is 14. The average molecular weight is 911 g/mol. The Hall–Kier alpha value is -4.81. The third-order valence-electron chi connectivity index (χ3n) is 13.5. The molecule has 3 N–H and O–H groups in total. The number of thiazole rings is 1. The highest BCUT2D eigenvalue weighted by Crippen LogP contribution is 2.72. The van der Waals surface area contributed by atoms with E-state index in [2.05, 4.69) is 57.0 Å². The van der Waals surface area contributed by atoms with Crippen LogP contribution in [0.1, 0.15) is 111 Å². The van der Waals surface area contributed by atoms with Crippen LogP contribution in [0.4, 0.5) is 10.9 Å². The van der Waals surface area contributed by atoms with Gasteiger partial charge in [0, 0.05) is 61.3 Å². The summed E-state index contributed by atoms with van der Waals surface area (Å²) in [7, 11) is -4.02. The van der Waals surface area contributed by atoms with Gasteiger partial charge < -0.3 is 19.7 Å². The number of hydrogen-bond donors (Lipinski definition) is 3. The van der Waals surface area contributed by atoms with Crippen molar-refractivity contribution in [3.8, 4) is 11.1 Å². The monoisotopic (exact) mass is 910 g/mol. The van der Waals surface area contributed by atoms with E-state index in [1.54, 1.807) is 6.20 Å². The molecule has 17 heteroatoms. The summed E-state index contributed by atoms with van der Waals surface area (Å²) < 4.78 is 46.4. The van der Waals surface area contributed by atoms with Crippen LogP contribution in [0.5, 0.6) is 0 Å². The Morgan fingerprint density at radius 1 is 0.953 bits per heavy atom. The van der Waals surface area contributed by atoms with Crippen molar-refractivity contribution >= 4 is 54.6 Å². The van der Waals surface area contributed by atoms with Gasteiger partial charge in [-0.15, -0.1) is 0 Å². The Kier molecular flexibility index (Phi) is 11.3. The van der Waals surface area contributed by atoms with Crippen molar-refractivity contribution in [3.05, 3.63) is 82.9 Å². The van der Waals surface area contributed by atoms with E-state index >= 15 is 0 Å². The molecule has 1 amide bonds. The van der Waals surface area contributed by atoms with Crippen molar-refractivity contribution in [2.75, 3.05) is 42.2 Å². The molecule has 15 nitrogen and oxygen atoms in total. The van der Waals surface area contributed by atoms with Crippen LogP contribution in [0.25, 0.3) is 21.5 Å². The molecule has 4 fully saturated rings. The molecular formula is C47H58N8O7S2. The number of nitrogens with zero attached hydrogens (tertiary/aromatic N) is 6. The zero-order chi connectivity index (χ0) is 45.3. The summed E-state index contributed by atoms with van der Waals surface area (Å²) >= 11 is 1.33. The normalized spacial score (nSPS) is 25.1. The molecule has 2 unspecified atom stereocenters. The number of amides is 1. The predicted octanol–water partition coefficient (Wildman–Crippen LogP) is 7.64. The van der Waals surface area contributed by atoms with Crippen molar-refractivity contribution in [2.45, 2.75) is 111 Å². The van der Waals surface area contributed by atoms with Gasteiger partial charge in [-0.2, -0.15) is 13.5 Å². The molecule has 5 aliphatic rings. The second-order valence-corrected chi connectivity index (χ2v) is 23.1. The zero-order valence-electron chi connectivity index (χ0n) is 37.5. The number of benzene rings is 1. The van der Waals surface area contributed by atoms with E-state index in [0.717, 1.165) is 71.3 Å². The number of pyridine rings is 2. The quantitative estimate of drug-likeness (QED) is 0.0560. The van der Waals surface area contributed by atoms with Crippen LogP contribution in [0.3, 0.4) is 0 Å². The van der Waals surface area contributed by atoms with Crippen LogP contribution in [0.15, 0.2) is 54.9 Å². The molecule has 4 aromatic heterocycles. The first-order valence-corrected chi connectivity index (χ1v) is 24.6. The second kappa shape index (κ2) is 16.3. The third kappa shape index (κ3) is 9.19. The van der Waals surface area contributed by atoms with E-state index in [-0.39, 0.29) is 45.7 Å². The maximum absolute atomic E-state index is 14.1. The van der Waals surface area contributed by atoms with Crippen LogP contribution in [-0.2, 0) is 39.1 Å². The highest BCUT2D eigenvalue weighted by molar-refractivity contribution is 7.85. The highest BCUT2D eigenvalue weighted by Gasteiger charge is 2.66. The maximum atomic E-state index is 14.1. The summed E-state index contributed by atoms with van der Waals surface area (Å²) in [5.74, 6) is -0.482. The summed E-state index contributed by atoms with van der Waals surface area (Å²) in [6, 6.07) is 13.4. The van der Waals surface area contributed by atoms with E-state index in [0.29, 0.717) is 61.3 Å². The zero-order valence-corrected chi connectivity index (χ0v) is 39.1. The number of carbonyl (C=O) groups excluding carboxylic acids is 2. The van der Waals surface area contributed by atoms with Gasteiger partial charge in [-0.1, -0.05) is 37.3 Å². The number of ether oxygens (including phenoxy) is 2. The fourth-order valence-corrected chi connectivity index (χ4v) is 13.5. The largest absolute Gasteiger partial charge is 0.455 e. The number of aromatic nitrogens is 5. The molecule has 4 bridgehead atoms. The van der Waals surface area contributed by atoms with Gasteiger partial charge in [-0.3, -0.25) is 19.3 Å². The number of nitrogens with one attached hydrogen (secondary N) is 2. The first kappa shape index (κ1) is 44.4. The number of hydrogen-bond acceptors (Lipinski definition) is 13. The van der Waals surface area contributed by atoms with Crippen molar-refractivity contribution in [1.82, 2.24) is 30.0 Å². The maximum Gasteiger partial charge on any atom is 0.358 e. The summed E-state index contributed by atoms with van der Waals surface area (Å²) in [6.45, 7) is 15.3. The van der Waals surface area contributed by atoms with Gasteiger partial charge in [-0.25, -0.2) is 19.7 Å². The molecule has 0 saturated heterocycles. The molecule has 4 aliphatic carbocycles. The van der Waals surface area contributed by atoms with Gasteiger partial charge in [0.15, 0.2) is 10.8 Å². The van der Waals surface area contributed by atoms with Crippen LogP contribution in [-0.4, -0.2) is 92.8 Å². The highest BCUT2D eigenvalue weighted by atomic mass is 32.2. The Balaban J connectivity index is 0.965. The standard InChI is InChI=1S/C47H58N8O7S2/c1-30-34(21-50-55(30)29-46-24-44(5)23-45(6,25-46)27-47(26-44,28-46)61-19-16-48-17-20-64(58,59)60)32-12-13-37(52-38(32)41(57)62-43(2,3)4)54-18-14-31-9-7-10-33(35(31)22-54)39(56)53-42-51-36-11-8-15-49-40(36)63-42/h7-13,15,21,48H,14,16-20,22-29H2,1-6H3,(H,51,53,56)(H,58,59,60). The molecule has 1 aromatic carbocycles. The Bertz CT molecular complexity index is 2690. The number of esters is 1. The second-order valence-electron chi connectivity index (χ2n) is 20.5. The molecule has 1 aliphatic heterocycles. The minimum absolute atomic E-state index is 0.0489. The molecule has 4 saturated carbocycles. The Labute approximate surface area is 378 Å². The van der Waals surface area contributed by atoms with Gasteiger partial charge in [-0.05, 0) is 130 Å². The van der Waals surface area contributed by atoms with Crippen LogP contribution in [0, 0.1) is 23.2 Å². The van der Waals surface area contributed by atoms with E-state index in [1.165, 1.54) is 11.3 Å². The van der Waals surface area contributed by atoms with E-state index < -0.39 is 21.7 Å². The smallest absolute Gasteiger partial charge is 0.358 e. The van der Waals surface area contributed by atoms with Crippen molar-refractivity contribution in [2.24, 2.45) is 16.2 Å².